The Balaban J connectivity index is 0.000000293. The number of benzene rings is 1. The van der Waals surface area contributed by atoms with Crippen molar-refractivity contribution in [2.24, 2.45) is 0 Å². The Kier molecular flexibility index (Phi) is 6.03. The van der Waals surface area contributed by atoms with E-state index >= 15 is 0 Å². The standard InChI is InChI=1S/C7H4N2O7.C6H5NO2/c10-6-4(7(11)12)1-3(8(13)14)2-5(6)9(15)16;8-6(9)5-1-3-7-4-2-5/h1-2,10H,(H,11,12);1-4H,(H,8,9). The van der Waals surface area contributed by atoms with Gasteiger partial charge in [-0.05, 0) is 12.1 Å². The maximum absolute atomic E-state index is 10.6. The molecule has 0 amide bonds. The van der Waals surface area contributed by atoms with Crippen molar-refractivity contribution in [2.45, 2.75) is 0 Å². The van der Waals surface area contributed by atoms with Crippen molar-refractivity contribution in [1.29, 1.82) is 0 Å². The third kappa shape index (κ3) is 4.95. The number of hydrogen-bond donors (Lipinski definition) is 3. The molecule has 0 aliphatic heterocycles. The number of nitro benzene ring substituents is 2. The van der Waals surface area contributed by atoms with Crippen molar-refractivity contribution in [3.05, 3.63) is 68.0 Å². The average molecular weight is 351 g/mol. The monoisotopic (exact) mass is 351 g/mol. The minimum absolute atomic E-state index is 0.269. The first-order valence-electron chi connectivity index (χ1n) is 6.17. The molecule has 1 aromatic heterocycles. The molecule has 3 N–H and O–H groups in total. The summed E-state index contributed by atoms with van der Waals surface area (Å²) in [5, 5.41) is 46.9. The van der Waals surface area contributed by atoms with Crippen LogP contribution in [-0.2, 0) is 0 Å². The number of carbonyl (C=O) groups is 2. The molecule has 2 aromatic rings. The van der Waals surface area contributed by atoms with Gasteiger partial charge < -0.3 is 15.3 Å². The number of nitrogens with zero attached hydrogens (tertiary/aromatic N) is 3. The lowest BCUT2D eigenvalue weighted by Gasteiger charge is -2.00. The van der Waals surface area contributed by atoms with Gasteiger partial charge in [0.2, 0.25) is 5.75 Å². The Morgan fingerprint density at radius 1 is 0.960 bits per heavy atom. The Hall–Kier alpha value is -4.09. The van der Waals surface area contributed by atoms with Gasteiger partial charge in [0.05, 0.1) is 21.5 Å². The van der Waals surface area contributed by atoms with E-state index < -0.39 is 44.5 Å². The van der Waals surface area contributed by atoms with Crippen LogP contribution in [-0.4, -0.2) is 42.1 Å². The van der Waals surface area contributed by atoms with E-state index in [1.54, 1.807) is 0 Å². The Labute approximate surface area is 137 Å². The average Bonchev–Trinajstić information content (AvgIpc) is 2.55. The molecule has 0 atom stereocenters. The minimum Gasteiger partial charge on any atom is -0.501 e. The van der Waals surface area contributed by atoms with E-state index in [9.17, 15) is 34.9 Å². The molecule has 0 aliphatic rings. The van der Waals surface area contributed by atoms with Gasteiger partial charge in [-0.15, -0.1) is 0 Å². The highest BCUT2D eigenvalue weighted by molar-refractivity contribution is 5.93. The maximum Gasteiger partial charge on any atom is 0.340 e. The fraction of sp³-hybridized carbons (Fsp3) is 0. The van der Waals surface area contributed by atoms with E-state index in [2.05, 4.69) is 4.98 Å². The van der Waals surface area contributed by atoms with Crippen LogP contribution in [0.4, 0.5) is 11.4 Å². The SMILES string of the molecule is O=C(O)c1cc([N+](=O)[O-])cc([N+](=O)[O-])c1O.O=C(O)c1ccncc1. The van der Waals surface area contributed by atoms with Gasteiger partial charge in [0.25, 0.3) is 5.69 Å². The first-order chi connectivity index (χ1) is 11.6. The number of nitro groups is 2. The van der Waals surface area contributed by atoms with Crippen molar-refractivity contribution in [3.8, 4) is 5.75 Å². The normalized spacial score (nSPS) is 9.44. The smallest absolute Gasteiger partial charge is 0.340 e. The summed E-state index contributed by atoms with van der Waals surface area (Å²) in [5.41, 5.74) is -2.42. The Morgan fingerprint density at radius 3 is 1.88 bits per heavy atom. The van der Waals surface area contributed by atoms with Crippen molar-refractivity contribution in [1.82, 2.24) is 4.98 Å². The number of carboxylic acids is 2. The highest BCUT2D eigenvalue weighted by Crippen LogP contribution is 2.34. The van der Waals surface area contributed by atoms with E-state index in [0.717, 1.165) is 0 Å². The molecule has 0 saturated heterocycles. The van der Waals surface area contributed by atoms with Gasteiger partial charge in [-0.25, -0.2) is 9.59 Å². The maximum atomic E-state index is 10.6. The fourth-order valence-corrected chi connectivity index (χ4v) is 1.51. The number of phenols is 1. The lowest BCUT2D eigenvalue weighted by Crippen LogP contribution is -2.02. The fourth-order valence-electron chi connectivity index (χ4n) is 1.51. The van der Waals surface area contributed by atoms with Crippen LogP contribution in [0.5, 0.6) is 5.75 Å². The van der Waals surface area contributed by atoms with E-state index in [1.807, 2.05) is 0 Å². The van der Waals surface area contributed by atoms with Crippen LogP contribution in [0, 0.1) is 20.2 Å². The van der Waals surface area contributed by atoms with Crippen molar-refractivity contribution < 1.29 is 34.8 Å². The van der Waals surface area contributed by atoms with Gasteiger partial charge in [0.15, 0.2) is 0 Å². The Morgan fingerprint density at radius 2 is 1.52 bits per heavy atom. The quantitative estimate of drug-likeness (QED) is 0.538. The lowest BCUT2D eigenvalue weighted by molar-refractivity contribution is -0.394. The van der Waals surface area contributed by atoms with E-state index in [1.165, 1.54) is 24.5 Å². The zero-order valence-corrected chi connectivity index (χ0v) is 12.1. The molecule has 0 fully saturated rings. The van der Waals surface area contributed by atoms with Crippen molar-refractivity contribution in [2.75, 3.05) is 0 Å². The summed E-state index contributed by atoms with van der Waals surface area (Å²) in [5.74, 6) is -3.72. The van der Waals surface area contributed by atoms with Crippen LogP contribution in [0.3, 0.4) is 0 Å². The number of aromatic nitrogens is 1. The number of aromatic carboxylic acids is 2. The van der Waals surface area contributed by atoms with Crippen LogP contribution < -0.4 is 0 Å². The molecule has 12 nitrogen and oxygen atoms in total. The van der Waals surface area contributed by atoms with Gasteiger partial charge in [-0.2, -0.15) is 0 Å². The molecule has 0 aliphatic carbocycles. The highest BCUT2D eigenvalue weighted by Gasteiger charge is 2.26. The molecule has 1 heterocycles. The summed E-state index contributed by atoms with van der Waals surface area (Å²) in [4.78, 5) is 43.1. The molecule has 2 rings (SSSR count). The predicted molar refractivity (Wildman–Crippen MR) is 79.6 cm³/mol. The van der Waals surface area contributed by atoms with Gasteiger partial charge in [0.1, 0.15) is 5.56 Å². The summed E-state index contributed by atoms with van der Waals surface area (Å²) in [6.45, 7) is 0. The molecule has 0 saturated carbocycles. The lowest BCUT2D eigenvalue weighted by atomic mass is 10.1. The van der Waals surface area contributed by atoms with E-state index in [-0.39, 0.29) is 5.56 Å². The molecule has 1 aromatic carbocycles. The zero-order chi connectivity index (χ0) is 19.1. The molecular weight excluding hydrogens is 342 g/mol. The summed E-state index contributed by atoms with van der Waals surface area (Å²) < 4.78 is 0. The van der Waals surface area contributed by atoms with E-state index in [0.29, 0.717) is 12.1 Å². The molecular formula is C13H9N3O9. The molecule has 0 radical (unpaired) electrons. The number of carboxylic acid groups (broad SMARTS) is 2. The van der Waals surface area contributed by atoms with Gasteiger partial charge in [-0.3, -0.25) is 25.2 Å². The number of aromatic hydroxyl groups is 1. The zero-order valence-electron chi connectivity index (χ0n) is 12.1. The first kappa shape index (κ1) is 19.0. The molecule has 130 valence electrons. The third-order valence-corrected chi connectivity index (χ3v) is 2.64. The summed E-state index contributed by atoms with van der Waals surface area (Å²) in [6, 6.07) is 3.93. The highest BCUT2D eigenvalue weighted by atomic mass is 16.6. The van der Waals surface area contributed by atoms with Crippen LogP contribution in [0.2, 0.25) is 0 Å². The third-order valence-electron chi connectivity index (χ3n) is 2.64. The summed E-state index contributed by atoms with van der Waals surface area (Å²) in [6.07, 6.45) is 2.90. The second-order valence-corrected chi connectivity index (χ2v) is 4.22. The summed E-state index contributed by atoms with van der Waals surface area (Å²) in [7, 11) is 0. The molecule has 0 spiro atoms. The number of non-ortho nitro benzene ring substituents is 1. The predicted octanol–water partition coefficient (Wildman–Crippen LogP) is 1.69. The number of pyridine rings is 1. The Bertz CT molecular complexity index is 801. The van der Waals surface area contributed by atoms with E-state index in [4.69, 9.17) is 10.2 Å². The largest absolute Gasteiger partial charge is 0.501 e. The van der Waals surface area contributed by atoms with Crippen LogP contribution in [0.15, 0.2) is 36.7 Å². The van der Waals surface area contributed by atoms with Gasteiger partial charge in [-0.1, -0.05) is 0 Å². The minimum atomic E-state index is -1.69. The van der Waals surface area contributed by atoms with Crippen molar-refractivity contribution >= 4 is 23.3 Å². The second kappa shape index (κ2) is 7.96. The molecule has 0 unspecified atom stereocenters. The number of hydrogen-bond acceptors (Lipinski definition) is 8. The molecule has 0 bridgehead atoms. The number of rotatable bonds is 4. The van der Waals surface area contributed by atoms with Crippen molar-refractivity contribution in [3.63, 3.8) is 0 Å². The topological polar surface area (TPSA) is 194 Å². The van der Waals surface area contributed by atoms with Gasteiger partial charge in [0, 0.05) is 18.5 Å². The van der Waals surface area contributed by atoms with Crippen LogP contribution in [0.1, 0.15) is 20.7 Å². The second-order valence-electron chi connectivity index (χ2n) is 4.22. The molecule has 25 heavy (non-hydrogen) atoms. The van der Waals surface area contributed by atoms with Gasteiger partial charge >= 0.3 is 17.6 Å². The van der Waals surface area contributed by atoms with Crippen LogP contribution in [0.25, 0.3) is 0 Å². The summed E-state index contributed by atoms with van der Waals surface area (Å²) >= 11 is 0. The molecule has 12 heteroatoms. The van der Waals surface area contributed by atoms with Crippen LogP contribution >= 0.6 is 0 Å². The first-order valence-corrected chi connectivity index (χ1v) is 6.17.